The zero-order valence-electron chi connectivity index (χ0n) is 18.7. The average molecular weight is 445 g/mol. The van der Waals surface area contributed by atoms with E-state index in [0.717, 1.165) is 48.6 Å². The number of carbonyl (C=O) groups excluding carboxylic acids is 2. The second kappa shape index (κ2) is 8.77. The normalized spacial score (nSPS) is 21.1. The molecular weight excluding hydrogens is 416 g/mol. The minimum absolute atomic E-state index is 0.0144. The highest BCUT2D eigenvalue weighted by Gasteiger charge is 2.49. The molecule has 6 nitrogen and oxygen atoms in total. The number of nitrogens with zero attached hydrogens (tertiary/aromatic N) is 1. The van der Waals surface area contributed by atoms with Crippen LogP contribution in [-0.4, -0.2) is 39.3 Å². The van der Waals surface area contributed by atoms with Crippen molar-refractivity contribution in [3.05, 3.63) is 71.4 Å². The van der Waals surface area contributed by atoms with E-state index in [4.69, 9.17) is 4.74 Å². The zero-order chi connectivity index (χ0) is 22.9. The first-order valence-corrected chi connectivity index (χ1v) is 11.7. The molecule has 0 bridgehead atoms. The summed E-state index contributed by atoms with van der Waals surface area (Å²) >= 11 is 0. The van der Waals surface area contributed by atoms with Crippen LogP contribution in [0.1, 0.15) is 56.2 Å². The third-order valence-electron chi connectivity index (χ3n) is 6.80. The van der Waals surface area contributed by atoms with Crippen LogP contribution in [0, 0.1) is 0 Å². The monoisotopic (exact) mass is 444 g/mol. The summed E-state index contributed by atoms with van der Waals surface area (Å²) in [5, 5.41) is 12.3. The van der Waals surface area contributed by atoms with Crippen LogP contribution in [0.15, 0.2) is 60.3 Å². The number of Topliss-reactive ketones (excluding diaryl/α,β-unsaturated/α-hetero) is 1. The number of aromatic amines is 1. The Bertz CT molecular complexity index is 1220. The molecule has 1 unspecified atom stereocenters. The Labute approximate surface area is 192 Å². The summed E-state index contributed by atoms with van der Waals surface area (Å²) in [6, 6.07) is 14.2. The summed E-state index contributed by atoms with van der Waals surface area (Å²) in [6.45, 7) is 2.44. The first-order chi connectivity index (χ1) is 16.1. The van der Waals surface area contributed by atoms with Crippen molar-refractivity contribution in [2.75, 3.05) is 6.61 Å². The lowest BCUT2D eigenvalue weighted by molar-refractivity contribution is -0.141. The minimum atomic E-state index is -0.629. The molecule has 1 aliphatic carbocycles. The van der Waals surface area contributed by atoms with Gasteiger partial charge in [0, 0.05) is 34.3 Å². The second-order valence-corrected chi connectivity index (χ2v) is 8.75. The number of nitrogens with one attached hydrogen (secondary N) is 1. The van der Waals surface area contributed by atoms with Gasteiger partial charge in [-0.05, 0) is 50.1 Å². The van der Waals surface area contributed by atoms with E-state index in [9.17, 15) is 14.7 Å². The number of benzene rings is 2. The smallest absolute Gasteiger partial charge is 0.295 e. The van der Waals surface area contributed by atoms with Gasteiger partial charge in [-0.1, -0.05) is 37.5 Å². The number of amides is 1. The maximum absolute atomic E-state index is 13.3. The van der Waals surface area contributed by atoms with Crippen LogP contribution in [0.5, 0.6) is 5.75 Å². The summed E-state index contributed by atoms with van der Waals surface area (Å²) in [6.07, 6.45) is 6.82. The molecule has 33 heavy (non-hydrogen) atoms. The largest absolute Gasteiger partial charge is 0.507 e. The topological polar surface area (TPSA) is 82.6 Å². The van der Waals surface area contributed by atoms with Crippen LogP contribution < -0.4 is 4.74 Å². The average Bonchev–Trinajstić information content (AvgIpc) is 3.38. The highest BCUT2D eigenvalue weighted by atomic mass is 16.5. The molecule has 2 fully saturated rings. The lowest BCUT2D eigenvalue weighted by atomic mass is 9.91. The van der Waals surface area contributed by atoms with E-state index in [1.165, 1.54) is 0 Å². The third-order valence-corrected chi connectivity index (χ3v) is 6.80. The number of aliphatic hydroxyl groups is 1. The number of likely N-dealkylation sites (tertiary alicyclic amines) is 1. The van der Waals surface area contributed by atoms with Crippen molar-refractivity contribution in [1.82, 2.24) is 9.88 Å². The van der Waals surface area contributed by atoms with Crippen molar-refractivity contribution in [3.8, 4) is 5.75 Å². The van der Waals surface area contributed by atoms with E-state index in [0.29, 0.717) is 17.9 Å². The number of rotatable bonds is 5. The van der Waals surface area contributed by atoms with Crippen molar-refractivity contribution in [3.63, 3.8) is 0 Å². The minimum Gasteiger partial charge on any atom is -0.507 e. The Balaban J connectivity index is 1.66. The lowest BCUT2D eigenvalue weighted by Crippen LogP contribution is -2.40. The molecule has 6 heteroatoms. The molecule has 1 atom stereocenters. The van der Waals surface area contributed by atoms with Crippen molar-refractivity contribution in [2.24, 2.45) is 0 Å². The number of aliphatic hydroxyl groups excluding tert-OH is 1. The number of carbonyl (C=O) groups is 2. The van der Waals surface area contributed by atoms with Gasteiger partial charge in [-0.2, -0.15) is 0 Å². The summed E-state index contributed by atoms with van der Waals surface area (Å²) < 4.78 is 5.50. The van der Waals surface area contributed by atoms with E-state index >= 15 is 0 Å². The molecule has 0 spiro atoms. The standard InChI is InChI=1S/C27H28N2O4/c1-2-33-19-14-12-17(13-15-19)25(30)23-24(21-16-28-22-11-7-6-10-20(21)22)29(27(32)26(23)31)18-8-4-3-5-9-18/h6-7,10-16,18,24,28,30H,2-5,8-9H2,1H3/b25-23+. The number of ether oxygens (including phenoxy) is 1. The molecule has 2 heterocycles. The van der Waals surface area contributed by atoms with Gasteiger partial charge in [0.05, 0.1) is 18.2 Å². The molecule has 2 N–H and O–H groups in total. The zero-order valence-corrected chi connectivity index (χ0v) is 18.7. The van der Waals surface area contributed by atoms with E-state index in [-0.39, 0.29) is 17.4 Å². The second-order valence-electron chi connectivity index (χ2n) is 8.75. The van der Waals surface area contributed by atoms with Crippen LogP contribution in [0.2, 0.25) is 0 Å². The number of fused-ring (bicyclic) bond motifs is 1. The third kappa shape index (κ3) is 3.69. The molecule has 1 aromatic heterocycles. The molecule has 2 aliphatic rings. The molecule has 2 aromatic carbocycles. The Hall–Kier alpha value is -3.54. The molecule has 0 radical (unpaired) electrons. The molecule has 170 valence electrons. The van der Waals surface area contributed by atoms with Crippen LogP contribution >= 0.6 is 0 Å². The maximum atomic E-state index is 13.3. The van der Waals surface area contributed by atoms with Gasteiger partial charge in [0.25, 0.3) is 11.7 Å². The molecule has 5 rings (SSSR count). The Morgan fingerprint density at radius 2 is 1.79 bits per heavy atom. The van der Waals surface area contributed by atoms with Crippen LogP contribution in [0.3, 0.4) is 0 Å². The van der Waals surface area contributed by atoms with Gasteiger partial charge in [-0.15, -0.1) is 0 Å². The van der Waals surface area contributed by atoms with Crippen LogP contribution in [0.4, 0.5) is 0 Å². The fourth-order valence-electron chi connectivity index (χ4n) is 5.24. The Morgan fingerprint density at radius 1 is 1.06 bits per heavy atom. The number of para-hydroxylation sites is 1. The Kier molecular flexibility index (Phi) is 5.67. The highest BCUT2D eigenvalue weighted by molar-refractivity contribution is 6.46. The van der Waals surface area contributed by atoms with Gasteiger partial charge in [0.15, 0.2) is 0 Å². The van der Waals surface area contributed by atoms with Gasteiger partial charge in [-0.3, -0.25) is 9.59 Å². The summed E-state index contributed by atoms with van der Waals surface area (Å²) in [4.78, 5) is 31.7. The van der Waals surface area contributed by atoms with Crippen LogP contribution in [-0.2, 0) is 9.59 Å². The fraction of sp³-hybridized carbons (Fsp3) is 0.333. The molecule has 1 saturated heterocycles. The fourth-order valence-corrected chi connectivity index (χ4v) is 5.24. The van der Waals surface area contributed by atoms with Crippen molar-refractivity contribution in [1.29, 1.82) is 0 Å². The SMILES string of the molecule is CCOc1ccc(/C(O)=C2\C(=O)C(=O)N(C3CCCCC3)C2c2c[nH]c3ccccc23)cc1. The predicted octanol–water partition coefficient (Wildman–Crippen LogP) is 5.32. The summed E-state index contributed by atoms with van der Waals surface area (Å²) in [7, 11) is 0. The van der Waals surface area contributed by atoms with Gasteiger partial charge in [-0.25, -0.2) is 0 Å². The van der Waals surface area contributed by atoms with E-state index in [2.05, 4.69) is 4.98 Å². The quantitative estimate of drug-likeness (QED) is 0.317. The van der Waals surface area contributed by atoms with Crippen LogP contribution in [0.25, 0.3) is 16.7 Å². The molecule has 1 amide bonds. The number of H-pyrrole nitrogens is 1. The van der Waals surface area contributed by atoms with E-state index < -0.39 is 17.7 Å². The highest BCUT2D eigenvalue weighted by Crippen LogP contribution is 2.45. The first-order valence-electron chi connectivity index (χ1n) is 11.7. The van der Waals surface area contributed by atoms with Gasteiger partial charge >= 0.3 is 0 Å². The van der Waals surface area contributed by atoms with Crippen molar-refractivity contribution < 1.29 is 19.4 Å². The maximum Gasteiger partial charge on any atom is 0.295 e. The predicted molar refractivity (Wildman–Crippen MR) is 127 cm³/mol. The van der Waals surface area contributed by atoms with E-state index in [1.54, 1.807) is 29.2 Å². The molecule has 1 saturated carbocycles. The molecule has 1 aliphatic heterocycles. The number of hydrogen-bond acceptors (Lipinski definition) is 4. The van der Waals surface area contributed by atoms with Gasteiger partial charge in [0.1, 0.15) is 11.5 Å². The number of aromatic nitrogens is 1. The van der Waals surface area contributed by atoms with Crippen molar-refractivity contribution >= 4 is 28.4 Å². The molecular formula is C27H28N2O4. The summed E-state index contributed by atoms with van der Waals surface area (Å²) in [5.74, 6) is -0.609. The molecule has 3 aromatic rings. The van der Waals surface area contributed by atoms with Crippen molar-refractivity contribution in [2.45, 2.75) is 51.1 Å². The van der Waals surface area contributed by atoms with E-state index in [1.807, 2.05) is 37.4 Å². The van der Waals surface area contributed by atoms with Gasteiger partial charge < -0.3 is 19.7 Å². The lowest BCUT2D eigenvalue weighted by Gasteiger charge is -2.35. The van der Waals surface area contributed by atoms with Gasteiger partial charge in [0.2, 0.25) is 0 Å². The summed E-state index contributed by atoms with van der Waals surface area (Å²) in [5.41, 5.74) is 2.41. The number of ketones is 1. The number of hydrogen-bond donors (Lipinski definition) is 2. The first kappa shape index (κ1) is 21.3. The Morgan fingerprint density at radius 3 is 2.52 bits per heavy atom.